The van der Waals surface area contributed by atoms with E-state index in [-0.39, 0.29) is 5.54 Å². The van der Waals surface area contributed by atoms with Gasteiger partial charge in [-0.2, -0.15) is 0 Å². The molecule has 0 aromatic rings. The quantitative estimate of drug-likeness (QED) is 0.720. The van der Waals surface area contributed by atoms with Crippen molar-refractivity contribution in [2.45, 2.75) is 51.1 Å². The molecule has 0 aromatic carbocycles. The first kappa shape index (κ1) is 11.2. The summed E-state index contributed by atoms with van der Waals surface area (Å²) in [6.07, 6.45) is 4.68. The third kappa shape index (κ3) is 1.85. The Morgan fingerprint density at radius 3 is 2.93 bits per heavy atom. The van der Waals surface area contributed by atoms with Gasteiger partial charge in [-0.05, 0) is 31.6 Å². The summed E-state index contributed by atoms with van der Waals surface area (Å²) in [5, 5.41) is 9.61. The van der Waals surface area contributed by atoms with Crippen molar-refractivity contribution in [3.63, 3.8) is 0 Å². The van der Waals surface area contributed by atoms with E-state index in [1.807, 2.05) is 0 Å². The first-order valence-electron chi connectivity index (χ1n) is 6.12. The summed E-state index contributed by atoms with van der Waals surface area (Å²) in [5.74, 6) is 0.748. The Morgan fingerprint density at radius 1 is 1.60 bits per heavy atom. The van der Waals surface area contributed by atoms with Crippen LogP contribution in [0.25, 0.3) is 0 Å². The molecule has 2 saturated heterocycles. The van der Waals surface area contributed by atoms with Crippen molar-refractivity contribution < 1.29 is 5.11 Å². The smallest absolute Gasteiger partial charge is 0.0618 e. The molecular weight excluding hydrogens is 186 g/mol. The first-order chi connectivity index (χ1) is 7.07. The molecule has 0 aliphatic carbocycles. The lowest BCUT2D eigenvalue weighted by molar-refractivity contribution is 0.0723. The normalized spacial score (nSPS) is 36.5. The van der Waals surface area contributed by atoms with E-state index in [1.165, 1.54) is 18.4 Å². The fraction of sp³-hybridized carbons (Fsp3) is 0.846. The van der Waals surface area contributed by atoms with Crippen LogP contribution in [-0.4, -0.2) is 34.7 Å². The molecule has 2 fully saturated rings. The van der Waals surface area contributed by atoms with E-state index < -0.39 is 0 Å². The number of nitrogens with zero attached hydrogens (tertiary/aromatic N) is 1. The van der Waals surface area contributed by atoms with Crippen LogP contribution in [0.5, 0.6) is 0 Å². The Morgan fingerprint density at radius 2 is 2.33 bits per heavy atom. The van der Waals surface area contributed by atoms with Gasteiger partial charge in [0.05, 0.1) is 6.61 Å². The molecule has 0 saturated carbocycles. The molecule has 2 unspecified atom stereocenters. The van der Waals surface area contributed by atoms with Crippen LogP contribution in [0.3, 0.4) is 0 Å². The molecule has 2 rings (SSSR count). The highest BCUT2D eigenvalue weighted by Crippen LogP contribution is 2.45. The van der Waals surface area contributed by atoms with Gasteiger partial charge < -0.3 is 5.11 Å². The van der Waals surface area contributed by atoms with Gasteiger partial charge in [0.1, 0.15) is 0 Å². The fourth-order valence-corrected chi connectivity index (χ4v) is 3.39. The van der Waals surface area contributed by atoms with Crippen molar-refractivity contribution in [1.29, 1.82) is 0 Å². The lowest BCUT2D eigenvalue weighted by atomic mass is 9.93. The lowest BCUT2D eigenvalue weighted by Crippen LogP contribution is -2.45. The summed E-state index contributed by atoms with van der Waals surface area (Å²) < 4.78 is 0. The van der Waals surface area contributed by atoms with Crippen LogP contribution in [-0.2, 0) is 0 Å². The summed E-state index contributed by atoms with van der Waals surface area (Å²) in [4.78, 5) is 2.52. The summed E-state index contributed by atoms with van der Waals surface area (Å²) >= 11 is 0. The van der Waals surface area contributed by atoms with Crippen LogP contribution in [0.2, 0.25) is 0 Å². The van der Waals surface area contributed by atoms with Gasteiger partial charge in [-0.25, -0.2) is 0 Å². The van der Waals surface area contributed by atoms with Crippen molar-refractivity contribution in [3.05, 3.63) is 12.2 Å². The zero-order valence-corrected chi connectivity index (χ0v) is 10.00. The minimum absolute atomic E-state index is 0.0661. The number of hydrogen-bond acceptors (Lipinski definition) is 2. The van der Waals surface area contributed by atoms with E-state index in [2.05, 4.69) is 25.3 Å². The molecule has 2 nitrogen and oxygen atoms in total. The van der Waals surface area contributed by atoms with Gasteiger partial charge in [0.25, 0.3) is 0 Å². The number of aliphatic hydroxyl groups excluding tert-OH is 1. The monoisotopic (exact) mass is 209 g/mol. The van der Waals surface area contributed by atoms with Gasteiger partial charge in [-0.3, -0.25) is 4.90 Å². The molecule has 0 radical (unpaired) electrons. The number of fused-ring (bicyclic) bond motifs is 1. The van der Waals surface area contributed by atoms with Crippen molar-refractivity contribution in [3.8, 4) is 0 Å². The molecular formula is C13H23NO. The predicted octanol–water partition coefficient (Wildman–Crippen LogP) is 2.19. The second kappa shape index (κ2) is 3.91. The summed E-state index contributed by atoms with van der Waals surface area (Å²) in [6, 6.07) is 0.677. The van der Waals surface area contributed by atoms with E-state index >= 15 is 0 Å². The Hall–Kier alpha value is -0.340. The Labute approximate surface area is 93.0 Å². The van der Waals surface area contributed by atoms with Crippen LogP contribution >= 0.6 is 0 Å². The van der Waals surface area contributed by atoms with E-state index in [9.17, 15) is 5.11 Å². The number of rotatable bonds is 3. The molecule has 0 bridgehead atoms. The van der Waals surface area contributed by atoms with Crippen LogP contribution in [0.1, 0.15) is 39.5 Å². The SMILES string of the molecule is C=C1CN2C(CC(C)C)CCC2(CO)C1. The van der Waals surface area contributed by atoms with Gasteiger partial charge in [0, 0.05) is 18.1 Å². The van der Waals surface area contributed by atoms with E-state index in [0.29, 0.717) is 12.6 Å². The Kier molecular flexibility index (Phi) is 2.91. The average molecular weight is 209 g/mol. The maximum atomic E-state index is 9.61. The van der Waals surface area contributed by atoms with Crippen LogP contribution in [0, 0.1) is 5.92 Å². The number of aliphatic hydroxyl groups is 1. The number of hydrogen-bond donors (Lipinski definition) is 1. The first-order valence-corrected chi connectivity index (χ1v) is 6.12. The molecule has 2 aliphatic heterocycles. The van der Waals surface area contributed by atoms with Crippen molar-refractivity contribution >= 4 is 0 Å². The maximum Gasteiger partial charge on any atom is 0.0618 e. The van der Waals surface area contributed by atoms with Gasteiger partial charge in [-0.1, -0.05) is 26.0 Å². The van der Waals surface area contributed by atoms with Crippen LogP contribution in [0.15, 0.2) is 12.2 Å². The molecule has 2 heterocycles. The highest BCUT2D eigenvalue weighted by molar-refractivity contribution is 5.19. The molecule has 2 heteroatoms. The van der Waals surface area contributed by atoms with E-state index in [0.717, 1.165) is 25.3 Å². The van der Waals surface area contributed by atoms with E-state index in [1.54, 1.807) is 0 Å². The third-order valence-electron chi connectivity index (χ3n) is 4.00. The zero-order chi connectivity index (χ0) is 11.1. The van der Waals surface area contributed by atoms with Crippen molar-refractivity contribution in [2.75, 3.05) is 13.2 Å². The van der Waals surface area contributed by atoms with Gasteiger partial charge in [-0.15, -0.1) is 0 Å². The van der Waals surface area contributed by atoms with Crippen LogP contribution < -0.4 is 0 Å². The van der Waals surface area contributed by atoms with E-state index in [4.69, 9.17) is 0 Å². The van der Waals surface area contributed by atoms with Gasteiger partial charge >= 0.3 is 0 Å². The van der Waals surface area contributed by atoms with Crippen molar-refractivity contribution in [2.24, 2.45) is 5.92 Å². The molecule has 15 heavy (non-hydrogen) atoms. The van der Waals surface area contributed by atoms with Gasteiger partial charge in [0.2, 0.25) is 0 Å². The minimum atomic E-state index is 0.0661. The molecule has 0 spiro atoms. The zero-order valence-electron chi connectivity index (χ0n) is 10.00. The summed E-state index contributed by atoms with van der Waals surface area (Å²) in [7, 11) is 0. The molecule has 2 aliphatic rings. The fourth-order valence-electron chi connectivity index (χ4n) is 3.39. The highest BCUT2D eigenvalue weighted by Gasteiger charge is 2.49. The summed E-state index contributed by atoms with van der Waals surface area (Å²) in [6.45, 7) is 9.97. The predicted molar refractivity (Wildman–Crippen MR) is 62.8 cm³/mol. The largest absolute Gasteiger partial charge is 0.394 e. The molecule has 0 aromatic heterocycles. The molecule has 1 N–H and O–H groups in total. The molecule has 86 valence electrons. The summed E-state index contributed by atoms with van der Waals surface area (Å²) in [5.41, 5.74) is 1.37. The minimum Gasteiger partial charge on any atom is -0.394 e. The Bertz CT molecular complexity index is 261. The van der Waals surface area contributed by atoms with Crippen molar-refractivity contribution in [1.82, 2.24) is 4.90 Å². The highest BCUT2D eigenvalue weighted by atomic mass is 16.3. The average Bonchev–Trinajstić information content (AvgIpc) is 2.63. The lowest BCUT2D eigenvalue weighted by Gasteiger charge is -2.33. The second-order valence-electron chi connectivity index (χ2n) is 5.76. The second-order valence-corrected chi connectivity index (χ2v) is 5.76. The topological polar surface area (TPSA) is 23.5 Å². The maximum absolute atomic E-state index is 9.61. The van der Waals surface area contributed by atoms with Gasteiger partial charge in [0.15, 0.2) is 0 Å². The molecule has 2 atom stereocenters. The third-order valence-corrected chi connectivity index (χ3v) is 4.00. The molecule has 0 amide bonds. The standard InChI is InChI=1S/C13H23NO/c1-10(2)6-12-4-5-13(9-15)7-11(3)8-14(12)13/h10,12,15H,3-9H2,1-2H3. The Balaban J connectivity index is 2.11. The van der Waals surface area contributed by atoms with Crippen LogP contribution in [0.4, 0.5) is 0 Å².